The van der Waals surface area contributed by atoms with Crippen molar-refractivity contribution in [1.29, 1.82) is 0 Å². The van der Waals surface area contributed by atoms with Crippen LogP contribution in [0.2, 0.25) is 0 Å². The van der Waals surface area contributed by atoms with Crippen LogP contribution in [-0.4, -0.2) is 37.2 Å². The first-order valence-corrected chi connectivity index (χ1v) is 35.0. The molecule has 83 heavy (non-hydrogen) atoms. The van der Waals surface area contributed by atoms with Gasteiger partial charge in [0.25, 0.3) is 0 Å². The Hall–Kier alpha value is -4.19. The Balaban J connectivity index is 4.22. The lowest BCUT2D eigenvalue weighted by atomic mass is 10.0. The van der Waals surface area contributed by atoms with Crippen LogP contribution in [0.5, 0.6) is 0 Å². The van der Waals surface area contributed by atoms with Crippen LogP contribution in [0.4, 0.5) is 0 Å². The van der Waals surface area contributed by atoms with Crippen molar-refractivity contribution >= 4 is 17.9 Å². The predicted molar refractivity (Wildman–Crippen MR) is 362 cm³/mol. The normalized spacial score (nSPS) is 12.9. The molecule has 0 aliphatic carbocycles. The second-order valence-electron chi connectivity index (χ2n) is 23.1. The van der Waals surface area contributed by atoms with Crippen molar-refractivity contribution in [1.82, 2.24) is 0 Å². The molecule has 0 spiro atoms. The first-order valence-electron chi connectivity index (χ1n) is 35.0. The van der Waals surface area contributed by atoms with Crippen molar-refractivity contribution in [2.24, 2.45) is 0 Å². The summed E-state index contributed by atoms with van der Waals surface area (Å²) in [5.41, 5.74) is 0. The van der Waals surface area contributed by atoms with Crippen molar-refractivity contribution in [2.75, 3.05) is 13.2 Å². The fraction of sp³-hybridized carbons (Fsp3) is 0.701. The minimum Gasteiger partial charge on any atom is -0.462 e. The van der Waals surface area contributed by atoms with Gasteiger partial charge in [0.1, 0.15) is 13.2 Å². The van der Waals surface area contributed by atoms with Crippen LogP contribution in [0.25, 0.3) is 0 Å². The Morgan fingerprint density at radius 2 is 0.470 bits per heavy atom. The SMILES string of the molecule is CC/C=C\C/C=C\C/C=C\C/C=C\C/C=C\C/C=C\C/C=C\CCCCCCCCCC(=O)OCC(COC(=O)CCCCCCCCCCC)OC(=O)CCCCCCCCCCCCCC/C=C\C/C=C\C/C=C\CCCCCCC. The maximum atomic E-state index is 12.9. The van der Waals surface area contributed by atoms with Crippen LogP contribution >= 0.6 is 0 Å². The predicted octanol–water partition coefficient (Wildman–Crippen LogP) is 24.3. The molecular formula is C77H130O6. The Bertz CT molecular complexity index is 1700. The number of carbonyl (C=O) groups excluding carboxylic acids is 3. The van der Waals surface area contributed by atoms with Gasteiger partial charge in [0.05, 0.1) is 0 Å². The number of esters is 3. The van der Waals surface area contributed by atoms with Crippen LogP contribution in [0.1, 0.15) is 329 Å². The van der Waals surface area contributed by atoms with Gasteiger partial charge in [-0.3, -0.25) is 14.4 Å². The molecule has 0 rings (SSSR count). The zero-order valence-corrected chi connectivity index (χ0v) is 54.4. The molecule has 0 saturated heterocycles. The zero-order chi connectivity index (χ0) is 59.9. The average Bonchev–Trinajstić information content (AvgIpc) is 3.49. The lowest BCUT2D eigenvalue weighted by Crippen LogP contribution is -2.30. The molecule has 0 aliphatic heterocycles. The second kappa shape index (κ2) is 70.3. The number of allylic oxidation sites excluding steroid dienone is 20. The molecule has 0 radical (unpaired) electrons. The quantitative estimate of drug-likeness (QED) is 0.0261. The van der Waals surface area contributed by atoms with Gasteiger partial charge in [-0.25, -0.2) is 0 Å². The van der Waals surface area contributed by atoms with E-state index in [0.29, 0.717) is 19.3 Å². The highest BCUT2D eigenvalue weighted by Crippen LogP contribution is 2.16. The van der Waals surface area contributed by atoms with Crippen molar-refractivity contribution in [3.8, 4) is 0 Å². The molecule has 474 valence electrons. The van der Waals surface area contributed by atoms with E-state index in [-0.39, 0.29) is 31.1 Å². The fourth-order valence-electron chi connectivity index (χ4n) is 9.73. The number of unbranched alkanes of at least 4 members (excludes halogenated alkanes) is 32. The van der Waals surface area contributed by atoms with E-state index >= 15 is 0 Å². The summed E-state index contributed by atoms with van der Waals surface area (Å²) in [5.74, 6) is -0.889. The van der Waals surface area contributed by atoms with Crippen molar-refractivity contribution in [3.05, 3.63) is 122 Å². The van der Waals surface area contributed by atoms with Crippen LogP contribution in [0.3, 0.4) is 0 Å². The third kappa shape index (κ3) is 68.5. The Labute approximate surface area is 513 Å². The summed E-state index contributed by atoms with van der Waals surface area (Å²) >= 11 is 0. The molecular weight excluding hydrogens is 1020 g/mol. The number of hydrogen-bond acceptors (Lipinski definition) is 6. The summed E-state index contributed by atoms with van der Waals surface area (Å²) < 4.78 is 16.9. The van der Waals surface area contributed by atoms with Gasteiger partial charge in [-0.2, -0.15) is 0 Å². The molecule has 6 nitrogen and oxygen atoms in total. The van der Waals surface area contributed by atoms with Gasteiger partial charge in [-0.1, -0.05) is 316 Å². The smallest absolute Gasteiger partial charge is 0.306 e. The van der Waals surface area contributed by atoms with Crippen LogP contribution in [-0.2, 0) is 28.6 Å². The third-order valence-corrected chi connectivity index (χ3v) is 15.0. The van der Waals surface area contributed by atoms with E-state index in [1.165, 1.54) is 167 Å². The van der Waals surface area contributed by atoms with Gasteiger partial charge in [0.2, 0.25) is 0 Å². The van der Waals surface area contributed by atoms with Gasteiger partial charge < -0.3 is 14.2 Å². The second-order valence-corrected chi connectivity index (χ2v) is 23.1. The van der Waals surface area contributed by atoms with Crippen LogP contribution in [0, 0.1) is 0 Å². The van der Waals surface area contributed by atoms with Gasteiger partial charge in [0, 0.05) is 19.3 Å². The molecule has 1 atom stereocenters. The molecule has 6 heteroatoms. The van der Waals surface area contributed by atoms with E-state index in [9.17, 15) is 14.4 Å². The summed E-state index contributed by atoms with van der Waals surface area (Å²) in [6.45, 7) is 6.51. The molecule has 0 aromatic heterocycles. The summed E-state index contributed by atoms with van der Waals surface area (Å²) in [7, 11) is 0. The minimum absolute atomic E-state index is 0.0815. The third-order valence-electron chi connectivity index (χ3n) is 15.0. The number of ether oxygens (including phenoxy) is 3. The summed E-state index contributed by atoms with van der Waals surface area (Å²) in [4.78, 5) is 38.3. The summed E-state index contributed by atoms with van der Waals surface area (Å²) in [5, 5.41) is 0. The van der Waals surface area contributed by atoms with E-state index in [1.807, 2.05) is 0 Å². The molecule has 0 aromatic carbocycles. The largest absolute Gasteiger partial charge is 0.462 e. The number of hydrogen-bond donors (Lipinski definition) is 0. The maximum absolute atomic E-state index is 12.9. The zero-order valence-electron chi connectivity index (χ0n) is 54.4. The van der Waals surface area contributed by atoms with Gasteiger partial charge >= 0.3 is 17.9 Å². The highest BCUT2D eigenvalue weighted by atomic mass is 16.6. The average molecular weight is 1150 g/mol. The van der Waals surface area contributed by atoms with E-state index < -0.39 is 6.10 Å². The summed E-state index contributed by atoms with van der Waals surface area (Å²) in [6, 6.07) is 0. The lowest BCUT2D eigenvalue weighted by Gasteiger charge is -2.18. The molecule has 0 aliphatic rings. The Morgan fingerprint density at radius 1 is 0.253 bits per heavy atom. The highest BCUT2D eigenvalue weighted by molar-refractivity contribution is 5.71. The molecule has 0 saturated carbocycles. The van der Waals surface area contributed by atoms with Crippen LogP contribution < -0.4 is 0 Å². The summed E-state index contributed by atoms with van der Waals surface area (Å²) in [6.07, 6.45) is 98.0. The van der Waals surface area contributed by atoms with Gasteiger partial charge in [-0.05, 0) is 116 Å². The molecule has 0 heterocycles. The highest BCUT2D eigenvalue weighted by Gasteiger charge is 2.19. The van der Waals surface area contributed by atoms with Gasteiger partial charge in [0.15, 0.2) is 6.10 Å². The van der Waals surface area contributed by atoms with E-state index in [2.05, 4.69) is 142 Å². The topological polar surface area (TPSA) is 78.9 Å². The van der Waals surface area contributed by atoms with E-state index in [4.69, 9.17) is 14.2 Å². The fourth-order valence-corrected chi connectivity index (χ4v) is 9.73. The van der Waals surface area contributed by atoms with Crippen molar-refractivity contribution in [3.63, 3.8) is 0 Å². The van der Waals surface area contributed by atoms with Crippen molar-refractivity contribution < 1.29 is 28.6 Å². The van der Waals surface area contributed by atoms with E-state index in [0.717, 1.165) is 122 Å². The maximum Gasteiger partial charge on any atom is 0.306 e. The first-order chi connectivity index (χ1) is 41.0. The van der Waals surface area contributed by atoms with Gasteiger partial charge in [-0.15, -0.1) is 0 Å². The number of rotatable bonds is 63. The van der Waals surface area contributed by atoms with Crippen LogP contribution in [0.15, 0.2) is 122 Å². The lowest BCUT2D eigenvalue weighted by molar-refractivity contribution is -0.167. The molecule has 0 aromatic rings. The minimum atomic E-state index is -0.786. The monoisotopic (exact) mass is 1150 g/mol. The van der Waals surface area contributed by atoms with Crippen molar-refractivity contribution in [2.45, 2.75) is 335 Å². The van der Waals surface area contributed by atoms with E-state index in [1.54, 1.807) is 0 Å². The molecule has 0 fully saturated rings. The first kappa shape index (κ1) is 78.8. The molecule has 1 unspecified atom stereocenters. The molecule has 0 bridgehead atoms. The Morgan fingerprint density at radius 3 is 0.735 bits per heavy atom. The molecule has 0 amide bonds. The molecule has 0 N–H and O–H groups in total. The number of carbonyl (C=O) groups is 3. The standard InChI is InChI=1S/C77H130O6/c1-4-7-10-13-16-19-21-23-25-27-29-31-33-35-37-38-40-41-43-45-47-49-51-53-55-58-61-64-67-70-76(79)82-73-74(72-81-75(78)69-66-63-60-57-18-15-12-9-6-3)83-77(80)71-68-65-62-59-56-54-52-50-48-46-44-42-39-36-34-32-30-28-26-24-22-20-17-14-11-8-5-2/h7,10,16,19,22-25,28-31,34-37,40-41,45,47,74H,4-6,8-9,11-15,17-18,20-21,26-27,32-33,38-39,42-44,46,48-73H2,1-3H3/b10-7-,19-16-,24-22-,25-23-,30-28-,31-29-,36-34-,37-35-,41-40-,47-45-. The Kier molecular flexibility index (Phi) is 66.7.